The van der Waals surface area contributed by atoms with Gasteiger partial charge >= 0.3 is 12.2 Å². The van der Waals surface area contributed by atoms with Crippen molar-refractivity contribution in [1.29, 1.82) is 0 Å². The maximum absolute atomic E-state index is 13.8. The van der Waals surface area contributed by atoms with Gasteiger partial charge in [-0.15, -0.1) is 11.3 Å². The molecule has 242 valence electrons. The third-order valence-electron chi connectivity index (χ3n) is 7.69. The molecule has 1 aromatic heterocycles. The van der Waals surface area contributed by atoms with Crippen molar-refractivity contribution in [3.05, 3.63) is 82.9 Å². The molecule has 0 saturated carbocycles. The first-order valence-corrected chi connectivity index (χ1v) is 15.2. The molecule has 3 aromatic carbocycles. The molecule has 0 radical (unpaired) electrons. The van der Waals surface area contributed by atoms with Crippen molar-refractivity contribution in [3.63, 3.8) is 0 Å². The first-order chi connectivity index (χ1) is 21.8. The number of aliphatic hydroxyl groups is 1. The molecule has 3 atom stereocenters. The second kappa shape index (κ2) is 13.3. The SMILES string of the molecule is C[C@@H]1CN([C@H](C)CO)C(=O)c2cccc(NC(=O)c3nc4ccccc4s3)c2O[C@H]1CN(C)C(=O)Nc1ccc(C(F)(F)F)cc1. The fourth-order valence-electron chi connectivity index (χ4n) is 5.02. The van der Waals surface area contributed by atoms with Gasteiger partial charge in [-0.25, -0.2) is 9.78 Å². The van der Waals surface area contributed by atoms with Crippen molar-refractivity contribution in [2.75, 3.05) is 37.4 Å². The monoisotopic (exact) mass is 655 g/mol. The van der Waals surface area contributed by atoms with E-state index < -0.39 is 41.7 Å². The van der Waals surface area contributed by atoms with Gasteiger partial charge in [-0.2, -0.15) is 13.2 Å². The van der Waals surface area contributed by atoms with Gasteiger partial charge in [0.25, 0.3) is 11.8 Å². The summed E-state index contributed by atoms with van der Waals surface area (Å²) < 4.78 is 46.1. The van der Waals surface area contributed by atoms with Crippen molar-refractivity contribution in [1.82, 2.24) is 14.8 Å². The molecular weight excluding hydrogens is 623 g/mol. The minimum absolute atomic E-state index is 0.0166. The summed E-state index contributed by atoms with van der Waals surface area (Å²) in [6, 6.07) is 15.1. The highest BCUT2D eigenvalue weighted by Gasteiger charge is 2.35. The number of hydrogen-bond donors (Lipinski definition) is 3. The summed E-state index contributed by atoms with van der Waals surface area (Å²) in [6.07, 6.45) is -5.21. The number of halogens is 3. The van der Waals surface area contributed by atoms with Gasteiger partial charge in [-0.1, -0.05) is 25.1 Å². The van der Waals surface area contributed by atoms with E-state index in [9.17, 15) is 32.7 Å². The average molecular weight is 656 g/mol. The minimum Gasteiger partial charge on any atom is -0.485 e. The largest absolute Gasteiger partial charge is 0.485 e. The highest BCUT2D eigenvalue weighted by atomic mass is 32.1. The first-order valence-electron chi connectivity index (χ1n) is 14.4. The van der Waals surface area contributed by atoms with Gasteiger partial charge in [-0.05, 0) is 55.5 Å². The number of carbonyl (C=O) groups is 3. The van der Waals surface area contributed by atoms with Crippen molar-refractivity contribution in [2.24, 2.45) is 5.92 Å². The fraction of sp³-hybridized carbons (Fsp3) is 0.312. The third kappa shape index (κ3) is 7.07. The van der Waals surface area contributed by atoms with Crippen LogP contribution in [0.2, 0.25) is 0 Å². The number of aliphatic hydroxyl groups excluding tert-OH is 1. The van der Waals surface area contributed by atoms with Crippen molar-refractivity contribution < 1.29 is 37.4 Å². The summed E-state index contributed by atoms with van der Waals surface area (Å²) in [6.45, 7) is 3.47. The molecule has 3 N–H and O–H groups in total. The van der Waals surface area contributed by atoms with Gasteiger partial charge in [0.1, 0.15) is 6.10 Å². The van der Waals surface area contributed by atoms with E-state index in [1.807, 2.05) is 25.1 Å². The Morgan fingerprint density at radius 1 is 1.11 bits per heavy atom. The molecule has 4 amide bonds. The third-order valence-corrected chi connectivity index (χ3v) is 8.73. The normalized spacial score (nSPS) is 17.4. The number of ether oxygens (including phenoxy) is 1. The molecule has 14 heteroatoms. The molecule has 0 fully saturated rings. The number of fused-ring (bicyclic) bond motifs is 2. The summed E-state index contributed by atoms with van der Waals surface area (Å²) >= 11 is 1.22. The second-order valence-electron chi connectivity index (χ2n) is 11.1. The van der Waals surface area contributed by atoms with E-state index in [2.05, 4.69) is 15.6 Å². The number of rotatable bonds is 7. The fourth-order valence-corrected chi connectivity index (χ4v) is 5.88. The predicted octanol–water partition coefficient (Wildman–Crippen LogP) is 5.95. The number of amides is 4. The smallest absolute Gasteiger partial charge is 0.416 e. The van der Waals surface area contributed by atoms with Crippen LogP contribution in [0.1, 0.15) is 39.6 Å². The molecule has 46 heavy (non-hydrogen) atoms. The number of thiazole rings is 1. The Hall–Kier alpha value is -4.69. The zero-order valence-electron chi connectivity index (χ0n) is 25.2. The summed E-state index contributed by atoms with van der Waals surface area (Å²) in [5.74, 6) is -1.15. The van der Waals surface area contributed by atoms with Crippen LogP contribution in [0.25, 0.3) is 10.2 Å². The predicted molar refractivity (Wildman–Crippen MR) is 168 cm³/mol. The molecule has 1 aliphatic rings. The number of alkyl halides is 3. The molecular formula is C32H32F3N5O5S. The van der Waals surface area contributed by atoms with Crippen LogP contribution in [0.5, 0.6) is 5.75 Å². The zero-order valence-corrected chi connectivity index (χ0v) is 26.0. The van der Waals surface area contributed by atoms with Gasteiger partial charge in [0, 0.05) is 25.2 Å². The maximum Gasteiger partial charge on any atom is 0.416 e. The average Bonchev–Trinajstić information content (AvgIpc) is 3.47. The summed E-state index contributed by atoms with van der Waals surface area (Å²) in [5.41, 5.74) is 0.401. The number of anilines is 2. The van der Waals surface area contributed by atoms with Gasteiger partial charge < -0.3 is 30.3 Å². The van der Waals surface area contributed by atoms with Crippen LogP contribution in [0, 0.1) is 5.92 Å². The lowest BCUT2D eigenvalue weighted by Gasteiger charge is -2.38. The van der Waals surface area contributed by atoms with E-state index in [1.165, 1.54) is 40.3 Å². The van der Waals surface area contributed by atoms with Gasteiger partial charge in [-0.3, -0.25) is 9.59 Å². The number of para-hydroxylation sites is 2. The number of hydrogen-bond acceptors (Lipinski definition) is 7. The van der Waals surface area contributed by atoms with Crippen LogP contribution < -0.4 is 15.4 Å². The Bertz CT molecular complexity index is 1710. The van der Waals surface area contributed by atoms with Crippen LogP contribution in [0.15, 0.2) is 66.7 Å². The molecule has 4 aromatic rings. The molecule has 0 unspecified atom stereocenters. The Morgan fingerprint density at radius 3 is 2.50 bits per heavy atom. The molecule has 10 nitrogen and oxygen atoms in total. The van der Waals surface area contributed by atoms with Crippen molar-refractivity contribution in [2.45, 2.75) is 32.2 Å². The quantitative estimate of drug-likeness (QED) is 0.226. The van der Waals surface area contributed by atoms with Crippen molar-refractivity contribution >= 4 is 50.8 Å². The summed E-state index contributed by atoms with van der Waals surface area (Å²) in [4.78, 5) is 47.4. The van der Waals surface area contributed by atoms with Crippen LogP contribution in [0.3, 0.4) is 0 Å². The van der Waals surface area contributed by atoms with E-state index >= 15 is 0 Å². The Balaban J connectivity index is 1.41. The second-order valence-corrected chi connectivity index (χ2v) is 12.2. The highest BCUT2D eigenvalue weighted by molar-refractivity contribution is 7.20. The molecule has 1 aliphatic heterocycles. The lowest BCUT2D eigenvalue weighted by molar-refractivity contribution is -0.137. The van der Waals surface area contributed by atoms with Crippen LogP contribution in [-0.4, -0.2) is 76.6 Å². The van der Waals surface area contributed by atoms with Gasteiger partial charge in [0.2, 0.25) is 0 Å². The topological polar surface area (TPSA) is 124 Å². The summed E-state index contributed by atoms with van der Waals surface area (Å²) in [5, 5.41) is 15.6. The van der Waals surface area contributed by atoms with Crippen LogP contribution in [-0.2, 0) is 6.18 Å². The summed E-state index contributed by atoms with van der Waals surface area (Å²) in [7, 11) is 1.51. The Labute approximate surface area is 266 Å². The van der Waals surface area contributed by atoms with Crippen molar-refractivity contribution in [3.8, 4) is 5.75 Å². The standard InChI is InChI=1S/C32H32F3N5O5S/c1-18-15-40(19(2)17-41)30(43)22-7-6-9-24(37-28(42)29-38-23-8-4-5-10-26(23)46-29)27(22)45-25(18)16-39(3)31(44)36-21-13-11-20(12-14-21)32(33,34)35/h4-14,18-19,25,41H,15-17H2,1-3H3,(H,36,44)(H,37,42)/t18-,19-,25+/m1/s1. The van der Waals surface area contributed by atoms with E-state index in [0.29, 0.717) is 5.52 Å². The molecule has 0 saturated heterocycles. The Kier molecular flexibility index (Phi) is 9.49. The number of benzene rings is 3. The lowest BCUT2D eigenvalue weighted by atomic mass is 9.99. The number of aromatic nitrogens is 1. The van der Waals surface area contributed by atoms with Crippen LogP contribution in [0.4, 0.5) is 29.3 Å². The molecule has 0 aliphatic carbocycles. The first kappa shape index (κ1) is 32.7. The highest BCUT2D eigenvalue weighted by Crippen LogP contribution is 2.36. The zero-order chi connectivity index (χ0) is 33.2. The molecule has 2 heterocycles. The maximum atomic E-state index is 13.8. The number of urea groups is 1. The van der Waals surface area contributed by atoms with Gasteiger partial charge in [0.15, 0.2) is 10.8 Å². The van der Waals surface area contributed by atoms with Gasteiger partial charge in [0.05, 0.1) is 46.2 Å². The molecule has 0 bridgehead atoms. The minimum atomic E-state index is -4.50. The number of likely N-dealkylation sites (N-methyl/N-ethyl adjacent to an activating group) is 1. The molecule has 0 spiro atoms. The van der Waals surface area contributed by atoms with E-state index in [0.717, 1.165) is 16.8 Å². The lowest BCUT2D eigenvalue weighted by Crippen LogP contribution is -2.50. The van der Waals surface area contributed by atoms with E-state index in [4.69, 9.17) is 4.74 Å². The van der Waals surface area contributed by atoms with E-state index in [1.54, 1.807) is 31.2 Å². The number of nitrogens with one attached hydrogen (secondary N) is 2. The van der Waals surface area contributed by atoms with E-state index in [-0.39, 0.29) is 53.3 Å². The Morgan fingerprint density at radius 2 is 1.83 bits per heavy atom. The molecule has 5 rings (SSSR count). The number of carbonyl (C=O) groups excluding carboxylic acids is 3. The number of nitrogens with zero attached hydrogens (tertiary/aromatic N) is 3. The van der Waals surface area contributed by atoms with Crippen LogP contribution >= 0.6 is 11.3 Å².